The molecular weight excluding hydrogens is 218 g/mol. The van der Waals surface area contributed by atoms with E-state index in [-0.39, 0.29) is 6.61 Å². The molecular formula is C12H19N3O2. The average molecular weight is 237 g/mol. The van der Waals surface area contributed by atoms with Crippen molar-refractivity contribution in [3.05, 3.63) is 11.4 Å². The number of aldehydes is 1. The number of nitrogens with zero attached hydrogens (tertiary/aromatic N) is 3. The van der Waals surface area contributed by atoms with Gasteiger partial charge < -0.3 is 5.11 Å². The molecule has 0 amide bonds. The zero-order chi connectivity index (χ0) is 12.3. The molecule has 2 rings (SSSR count). The second kappa shape index (κ2) is 5.40. The summed E-state index contributed by atoms with van der Waals surface area (Å²) in [6.45, 7) is 2.99. The molecule has 1 aromatic rings. The van der Waals surface area contributed by atoms with Gasteiger partial charge in [-0.3, -0.25) is 4.79 Å². The number of aliphatic hydroxyl groups excluding tert-OH is 1. The summed E-state index contributed by atoms with van der Waals surface area (Å²) in [4.78, 5) is 10.9. The van der Waals surface area contributed by atoms with Gasteiger partial charge in [-0.2, -0.15) is 0 Å². The van der Waals surface area contributed by atoms with Gasteiger partial charge in [-0.05, 0) is 25.2 Å². The number of carbonyl (C=O) groups excluding carboxylic acids is 1. The average Bonchev–Trinajstić information content (AvgIpc) is 2.60. The Hall–Kier alpha value is -1.23. The monoisotopic (exact) mass is 237 g/mol. The Morgan fingerprint density at radius 1 is 1.59 bits per heavy atom. The van der Waals surface area contributed by atoms with Crippen molar-refractivity contribution in [1.29, 1.82) is 0 Å². The molecule has 17 heavy (non-hydrogen) atoms. The lowest BCUT2D eigenvalue weighted by Crippen LogP contribution is -2.19. The molecule has 5 nitrogen and oxygen atoms in total. The lowest BCUT2D eigenvalue weighted by molar-refractivity contribution is 0.111. The van der Waals surface area contributed by atoms with Gasteiger partial charge in [0.25, 0.3) is 0 Å². The lowest BCUT2D eigenvalue weighted by atomic mass is 9.82. The van der Waals surface area contributed by atoms with Crippen molar-refractivity contribution < 1.29 is 9.90 Å². The fourth-order valence-electron chi connectivity index (χ4n) is 2.26. The number of aromatic nitrogens is 3. The Morgan fingerprint density at radius 2 is 2.35 bits per heavy atom. The molecule has 0 bridgehead atoms. The Kier molecular flexibility index (Phi) is 3.89. The molecule has 1 unspecified atom stereocenters. The maximum absolute atomic E-state index is 10.9. The van der Waals surface area contributed by atoms with Crippen LogP contribution in [0.5, 0.6) is 0 Å². The number of hydrogen-bond acceptors (Lipinski definition) is 4. The smallest absolute Gasteiger partial charge is 0.172 e. The van der Waals surface area contributed by atoms with Crippen molar-refractivity contribution in [2.75, 3.05) is 6.61 Å². The van der Waals surface area contributed by atoms with Crippen molar-refractivity contribution in [2.45, 2.75) is 45.1 Å². The van der Waals surface area contributed by atoms with Gasteiger partial charge in [-0.15, -0.1) is 5.10 Å². The van der Waals surface area contributed by atoms with Crippen LogP contribution in [0.4, 0.5) is 0 Å². The molecule has 1 aliphatic rings. The molecule has 0 spiro atoms. The van der Waals surface area contributed by atoms with Gasteiger partial charge in [0.05, 0.1) is 5.69 Å². The lowest BCUT2D eigenvalue weighted by Gasteiger charge is -2.26. The highest BCUT2D eigenvalue weighted by Gasteiger charge is 2.27. The first-order valence-electron chi connectivity index (χ1n) is 6.25. The van der Waals surface area contributed by atoms with Gasteiger partial charge in [-0.1, -0.05) is 18.6 Å². The van der Waals surface area contributed by atoms with E-state index < -0.39 is 0 Å². The Labute approximate surface area is 101 Å². The van der Waals surface area contributed by atoms with Crippen molar-refractivity contribution in [3.8, 4) is 0 Å². The van der Waals surface area contributed by atoms with E-state index in [0.717, 1.165) is 37.8 Å². The second-order valence-corrected chi connectivity index (χ2v) is 4.91. The summed E-state index contributed by atoms with van der Waals surface area (Å²) in [5.74, 6) is 0.798. The first kappa shape index (κ1) is 12.2. The summed E-state index contributed by atoms with van der Waals surface area (Å²) >= 11 is 0. The van der Waals surface area contributed by atoms with Crippen LogP contribution in [0.3, 0.4) is 0 Å². The number of carbonyl (C=O) groups is 1. The molecule has 1 aromatic heterocycles. The minimum absolute atomic E-state index is 0.190. The topological polar surface area (TPSA) is 68.0 Å². The van der Waals surface area contributed by atoms with E-state index in [0.29, 0.717) is 17.5 Å². The summed E-state index contributed by atoms with van der Waals surface area (Å²) in [5, 5.41) is 16.9. The minimum Gasteiger partial charge on any atom is -0.396 e. The summed E-state index contributed by atoms with van der Waals surface area (Å²) in [5.41, 5.74) is 1.49. The van der Waals surface area contributed by atoms with Crippen LogP contribution in [0, 0.1) is 5.92 Å². The van der Waals surface area contributed by atoms with Gasteiger partial charge in [0.1, 0.15) is 5.69 Å². The molecule has 0 radical (unpaired) electrons. The molecule has 0 aliphatic heterocycles. The third-order valence-corrected chi connectivity index (χ3v) is 3.51. The predicted octanol–water partition coefficient (Wildman–Crippen LogP) is 1.38. The summed E-state index contributed by atoms with van der Waals surface area (Å²) in [6, 6.07) is 0. The normalized spacial score (nSPS) is 17.8. The molecule has 0 aromatic carbocycles. The molecule has 0 saturated heterocycles. The molecule has 5 heteroatoms. The Morgan fingerprint density at radius 3 is 2.88 bits per heavy atom. The molecule has 1 atom stereocenters. The summed E-state index contributed by atoms with van der Waals surface area (Å²) < 4.78 is 1.86. The van der Waals surface area contributed by atoms with Gasteiger partial charge in [0.15, 0.2) is 6.29 Å². The quantitative estimate of drug-likeness (QED) is 0.759. The largest absolute Gasteiger partial charge is 0.396 e. The minimum atomic E-state index is 0.190. The van der Waals surface area contributed by atoms with Crippen LogP contribution >= 0.6 is 0 Å². The fraction of sp³-hybridized carbons (Fsp3) is 0.750. The maximum Gasteiger partial charge on any atom is 0.172 e. The van der Waals surface area contributed by atoms with E-state index in [1.54, 1.807) is 0 Å². The van der Waals surface area contributed by atoms with Crippen LogP contribution < -0.4 is 0 Å². The molecule has 94 valence electrons. The van der Waals surface area contributed by atoms with E-state index >= 15 is 0 Å². The Bertz CT molecular complexity index is 385. The molecule has 1 aliphatic carbocycles. The van der Waals surface area contributed by atoms with Gasteiger partial charge in [-0.25, -0.2) is 4.68 Å². The highest BCUT2D eigenvalue weighted by atomic mass is 16.3. The van der Waals surface area contributed by atoms with Crippen LogP contribution in [-0.4, -0.2) is 33.0 Å². The van der Waals surface area contributed by atoms with E-state index in [4.69, 9.17) is 5.11 Å². The molecule has 1 saturated carbocycles. The van der Waals surface area contributed by atoms with Crippen LogP contribution in [0.25, 0.3) is 0 Å². The van der Waals surface area contributed by atoms with Crippen molar-refractivity contribution in [2.24, 2.45) is 5.92 Å². The maximum atomic E-state index is 10.9. The molecule has 1 N–H and O–H groups in total. The van der Waals surface area contributed by atoms with Crippen molar-refractivity contribution >= 4 is 6.29 Å². The SMILES string of the molecule is CC(CCO)Cn1nnc(C=O)c1C1CCC1. The number of aliphatic hydroxyl groups is 1. The standard InChI is InChI=1S/C12H19N3O2/c1-9(5-6-16)7-15-12(10-3-2-4-10)11(8-17)13-14-15/h8-10,16H,2-7H2,1H3. The zero-order valence-electron chi connectivity index (χ0n) is 10.2. The number of hydrogen-bond donors (Lipinski definition) is 1. The van der Waals surface area contributed by atoms with E-state index in [9.17, 15) is 4.79 Å². The number of rotatable bonds is 6. The molecule has 1 heterocycles. The van der Waals surface area contributed by atoms with E-state index in [1.807, 2.05) is 4.68 Å². The van der Waals surface area contributed by atoms with E-state index in [1.165, 1.54) is 6.42 Å². The highest BCUT2D eigenvalue weighted by Crippen LogP contribution is 2.37. The fourth-order valence-corrected chi connectivity index (χ4v) is 2.26. The highest BCUT2D eigenvalue weighted by molar-refractivity contribution is 5.73. The van der Waals surface area contributed by atoms with Crippen LogP contribution in [0.2, 0.25) is 0 Å². The summed E-state index contributed by atoms with van der Waals surface area (Å²) in [7, 11) is 0. The van der Waals surface area contributed by atoms with Gasteiger partial charge in [0, 0.05) is 19.1 Å². The third kappa shape index (κ3) is 2.54. The molecule has 1 fully saturated rings. The second-order valence-electron chi connectivity index (χ2n) is 4.91. The van der Waals surface area contributed by atoms with Gasteiger partial charge >= 0.3 is 0 Å². The zero-order valence-corrected chi connectivity index (χ0v) is 10.2. The van der Waals surface area contributed by atoms with Crippen molar-refractivity contribution in [1.82, 2.24) is 15.0 Å². The first-order chi connectivity index (χ1) is 8.26. The van der Waals surface area contributed by atoms with Crippen LogP contribution in [0.15, 0.2) is 0 Å². The summed E-state index contributed by atoms with van der Waals surface area (Å²) in [6.07, 6.45) is 5.03. The first-order valence-corrected chi connectivity index (χ1v) is 6.25. The van der Waals surface area contributed by atoms with Gasteiger partial charge in [0.2, 0.25) is 0 Å². The third-order valence-electron chi connectivity index (χ3n) is 3.51. The van der Waals surface area contributed by atoms with E-state index in [2.05, 4.69) is 17.2 Å². The predicted molar refractivity (Wildman–Crippen MR) is 62.9 cm³/mol. The van der Waals surface area contributed by atoms with Crippen LogP contribution in [-0.2, 0) is 6.54 Å². The van der Waals surface area contributed by atoms with Crippen molar-refractivity contribution in [3.63, 3.8) is 0 Å². The Balaban J connectivity index is 2.15. The van der Waals surface area contributed by atoms with Crippen LogP contribution in [0.1, 0.15) is 54.7 Å².